The van der Waals surface area contributed by atoms with Crippen LogP contribution in [0, 0.1) is 5.92 Å². The molecule has 90 valence electrons. The van der Waals surface area contributed by atoms with Gasteiger partial charge >= 0.3 is 0 Å². The topological polar surface area (TPSA) is 46.2 Å². The van der Waals surface area contributed by atoms with Crippen molar-refractivity contribution < 1.29 is 5.11 Å². The summed E-state index contributed by atoms with van der Waals surface area (Å²) in [5.41, 5.74) is 6.04. The van der Waals surface area contributed by atoms with Crippen molar-refractivity contribution in [3.8, 4) is 0 Å². The highest BCUT2D eigenvalue weighted by atomic mass is 35.5. The van der Waals surface area contributed by atoms with Crippen LogP contribution in [0.3, 0.4) is 0 Å². The van der Waals surface area contributed by atoms with Gasteiger partial charge in [-0.25, -0.2) is 0 Å². The maximum atomic E-state index is 9.33. The molecule has 2 unspecified atom stereocenters. The number of halogens is 1. The molecule has 1 aromatic carbocycles. The third-order valence-electron chi connectivity index (χ3n) is 2.48. The quantitative estimate of drug-likeness (QED) is 0.800. The Kier molecular flexibility index (Phi) is 5.62. The molecule has 0 bridgehead atoms. The molecule has 0 heterocycles. The maximum Gasteiger partial charge on any atom is 0.0568 e. The monoisotopic (exact) mass is 259 g/mol. The minimum Gasteiger partial charge on any atom is -0.395 e. The molecule has 0 fully saturated rings. The van der Waals surface area contributed by atoms with Gasteiger partial charge in [0.25, 0.3) is 0 Å². The maximum absolute atomic E-state index is 9.33. The van der Waals surface area contributed by atoms with Gasteiger partial charge < -0.3 is 10.8 Å². The molecular weight excluding hydrogens is 242 g/mol. The van der Waals surface area contributed by atoms with Crippen molar-refractivity contribution in [3.63, 3.8) is 0 Å². The first-order valence-corrected chi connectivity index (χ1v) is 6.59. The van der Waals surface area contributed by atoms with Crippen molar-refractivity contribution in [2.75, 3.05) is 6.61 Å². The van der Waals surface area contributed by atoms with Gasteiger partial charge in [-0.05, 0) is 30.2 Å². The minimum absolute atomic E-state index is 0.00863. The SMILES string of the molecule is CC(C)C(N)C(CO)Sc1ccc(Cl)cc1. The van der Waals surface area contributed by atoms with E-state index in [-0.39, 0.29) is 17.9 Å². The zero-order chi connectivity index (χ0) is 12.1. The lowest BCUT2D eigenvalue weighted by molar-refractivity contribution is 0.269. The summed E-state index contributed by atoms with van der Waals surface area (Å²) in [7, 11) is 0. The van der Waals surface area contributed by atoms with E-state index < -0.39 is 0 Å². The molecule has 2 atom stereocenters. The van der Waals surface area contributed by atoms with Gasteiger partial charge in [-0.3, -0.25) is 0 Å². The molecule has 16 heavy (non-hydrogen) atoms. The zero-order valence-electron chi connectivity index (χ0n) is 9.56. The highest BCUT2D eigenvalue weighted by molar-refractivity contribution is 8.00. The molecule has 0 saturated carbocycles. The first kappa shape index (κ1) is 13.8. The van der Waals surface area contributed by atoms with Crippen LogP contribution < -0.4 is 5.73 Å². The minimum atomic E-state index is -0.00863. The Labute approximate surface area is 106 Å². The molecule has 0 aliphatic carbocycles. The first-order chi connectivity index (χ1) is 7.54. The fraction of sp³-hybridized carbons (Fsp3) is 0.500. The standard InChI is InChI=1S/C12H18ClNOS/c1-8(2)12(14)11(7-15)16-10-5-3-9(13)4-6-10/h3-6,8,11-12,15H,7,14H2,1-2H3. The Morgan fingerprint density at radius 2 is 1.88 bits per heavy atom. The van der Waals surface area contributed by atoms with Gasteiger partial charge in [-0.1, -0.05) is 25.4 Å². The van der Waals surface area contributed by atoms with Crippen molar-refractivity contribution in [3.05, 3.63) is 29.3 Å². The van der Waals surface area contributed by atoms with Gasteiger partial charge in [0.15, 0.2) is 0 Å². The summed E-state index contributed by atoms with van der Waals surface area (Å²) in [6.45, 7) is 4.22. The summed E-state index contributed by atoms with van der Waals surface area (Å²) in [5, 5.41) is 10.1. The molecular formula is C12H18ClNOS. The van der Waals surface area contributed by atoms with Crippen LogP contribution in [0.15, 0.2) is 29.2 Å². The second-order valence-corrected chi connectivity index (χ2v) is 5.86. The molecule has 4 heteroatoms. The molecule has 0 aromatic heterocycles. The van der Waals surface area contributed by atoms with Crippen LogP contribution in [0.2, 0.25) is 5.02 Å². The van der Waals surface area contributed by atoms with E-state index in [4.69, 9.17) is 17.3 Å². The summed E-state index contributed by atoms with van der Waals surface area (Å²) in [6.07, 6.45) is 0. The largest absolute Gasteiger partial charge is 0.395 e. The molecule has 2 nitrogen and oxygen atoms in total. The summed E-state index contributed by atoms with van der Waals surface area (Å²) in [6, 6.07) is 7.58. The van der Waals surface area contributed by atoms with Crippen molar-refractivity contribution in [2.45, 2.75) is 30.0 Å². The van der Waals surface area contributed by atoms with Gasteiger partial charge in [0.1, 0.15) is 0 Å². The van der Waals surface area contributed by atoms with E-state index in [2.05, 4.69) is 13.8 Å². The molecule has 0 aliphatic rings. The van der Waals surface area contributed by atoms with E-state index in [0.29, 0.717) is 5.92 Å². The van der Waals surface area contributed by atoms with Gasteiger partial charge in [0.2, 0.25) is 0 Å². The van der Waals surface area contributed by atoms with E-state index in [1.807, 2.05) is 24.3 Å². The highest BCUT2D eigenvalue weighted by Gasteiger charge is 2.21. The van der Waals surface area contributed by atoms with Crippen molar-refractivity contribution in [2.24, 2.45) is 11.7 Å². The second-order valence-electron chi connectivity index (χ2n) is 4.11. The third kappa shape index (κ3) is 3.98. The van der Waals surface area contributed by atoms with Crippen LogP contribution in [0.4, 0.5) is 0 Å². The molecule has 1 rings (SSSR count). The molecule has 0 radical (unpaired) electrons. The van der Waals surface area contributed by atoms with E-state index in [0.717, 1.165) is 9.92 Å². The number of hydrogen-bond acceptors (Lipinski definition) is 3. The average molecular weight is 260 g/mol. The lowest BCUT2D eigenvalue weighted by Crippen LogP contribution is -2.39. The summed E-state index contributed by atoms with van der Waals surface area (Å²) >= 11 is 7.41. The number of aliphatic hydroxyl groups excluding tert-OH is 1. The van der Waals surface area contributed by atoms with E-state index in [9.17, 15) is 5.11 Å². The van der Waals surface area contributed by atoms with Gasteiger partial charge in [0, 0.05) is 21.2 Å². The van der Waals surface area contributed by atoms with Crippen LogP contribution in [-0.2, 0) is 0 Å². The Morgan fingerprint density at radius 1 is 1.31 bits per heavy atom. The molecule has 3 N–H and O–H groups in total. The Morgan fingerprint density at radius 3 is 2.31 bits per heavy atom. The number of nitrogens with two attached hydrogens (primary N) is 1. The van der Waals surface area contributed by atoms with Gasteiger partial charge in [0.05, 0.1) is 6.61 Å². The van der Waals surface area contributed by atoms with Crippen molar-refractivity contribution in [1.29, 1.82) is 0 Å². The van der Waals surface area contributed by atoms with Crippen LogP contribution >= 0.6 is 23.4 Å². The molecule has 0 saturated heterocycles. The molecule has 0 spiro atoms. The highest BCUT2D eigenvalue weighted by Crippen LogP contribution is 2.27. The van der Waals surface area contributed by atoms with E-state index in [1.54, 1.807) is 11.8 Å². The van der Waals surface area contributed by atoms with Crippen LogP contribution in [0.1, 0.15) is 13.8 Å². The fourth-order valence-corrected chi connectivity index (χ4v) is 2.67. The van der Waals surface area contributed by atoms with Crippen molar-refractivity contribution in [1.82, 2.24) is 0 Å². The smallest absolute Gasteiger partial charge is 0.0568 e. The van der Waals surface area contributed by atoms with Gasteiger partial charge in [-0.2, -0.15) is 0 Å². The van der Waals surface area contributed by atoms with Crippen molar-refractivity contribution >= 4 is 23.4 Å². The van der Waals surface area contributed by atoms with Gasteiger partial charge in [-0.15, -0.1) is 11.8 Å². The predicted octanol–water partition coefficient (Wildman–Crippen LogP) is 2.78. The Balaban J connectivity index is 2.66. The lowest BCUT2D eigenvalue weighted by Gasteiger charge is -2.24. The molecule has 0 amide bonds. The Bertz CT molecular complexity index is 315. The number of rotatable bonds is 5. The van der Waals surface area contributed by atoms with E-state index in [1.165, 1.54) is 0 Å². The third-order valence-corrected chi connectivity index (χ3v) is 4.04. The second kappa shape index (κ2) is 6.50. The first-order valence-electron chi connectivity index (χ1n) is 5.33. The average Bonchev–Trinajstić information content (AvgIpc) is 2.27. The number of benzene rings is 1. The number of thioether (sulfide) groups is 1. The Hall–Kier alpha value is -0.220. The van der Waals surface area contributed by atoms with Crippen LogP contribution in [-0.4, -0.2) is 23.0 Å². The fourth-order valence-electron chi connectivity index (χ4n) is 1.35. The summed E-state index contributed by atoms with van der Waals surface area (Å²) < 4.78 is 0. The molecule has 0 aliphatic heterocycles. The normalized spacial score (nSPS) is 15.1. The lowest BCUT2D eigenvalue weighted by atomic mass is 10.0. The summed E-state index contributed by atoms with van der Waals surface area (Å²) in [4.78, 5) is 1.08. The number of hydrogen-bond donors (Lipinski definition) is 2. The van der Waals surface area contributed by atoms with Crippen LogP contribution in [0.5, 0.6) is 0 Å². The predicted molar refractivity (Wildman–Crippen MR) is 71.0 cm³/mol. The zero-order valence-corrected chi connectivity index (χ0v) is 11.1. The number of aliphatic hydroxyl groups is 1. The van der Waals surface area contributed by atoms with Crippen LogP contribution in [0.25, 0.3) is 0 Å². The molecule has 1 aromatic rings. The summed E-state index contributed by atoms with van der Waals surface area (Å²) in [5.74, 6) is 0.358. The van der Waals surface area contributed by atoms with E-state index >= 15 is 0 Å².